The first-order valence-corrected chi connectivity index (χ1v) is 4.01. The molecule has 0 aromatic carbocycles. The average Bonchev–Trinajstić information content (AvgIpc) is 2.00. The molecular formula is C9H19O. The minimum absolute atomic E-state index is 0.104. The lowest BCUT2D eigenvalue weighted by molar-refractivity contribution is -0.00409. The van der Waals surface area contributed by atoms with Gasteiger partial charge in [0, 0.05) is 7.11 Å². The quantitative estimate of drug-likeness (QED) is 0.575. The number of hydrogen-bond donors (Lipinski definition) is 0. The molecule has 0 aromatic heterocycles. The van der Waals surface area contributed by atoms with E-state index in [4.69, 9.17) is 4.74 Å². The third kappa shape index (κ3) is 3.21. The summed E-state index contributed by atoms with van der Waals surface area (Å²) in [5, 5.41) is 0. The van der Waals surface area contributed by atoms with Gasteiger partial charge >= 0.3 is 0 Å². The van der Waals surface area contributed by atoms with Gasteiger partial charge in [-0.2, -0.15) is 0 Å². The van der Waals surface area contributed by atoms with Gasteiger partial charge in [0.25, 0.3) is 0 Å². The van der Waals surface area contributed by atoms with E-state index in [0.29, 0.717) is 0 Å². The molecule has 0 saturated heterocycles. The van der Waals surface area contributed by atoms with Crippen LogP contribution in [0.2, 0.25) is 0 Å². The molecule has 1 atom stereocenters. The molecule has 61 valence electrons. The predicted octanol–water partition coefficient (Wildman–Crippen LogP) is 2.81. The van der Waals surface area contributed by atoms with E-state index in [1.165, 1.54) is 0 Å². The normalized spacial score (nSPS) is 16.8. The van der Waals surface area contributed by atoms with Gasteiger partial charge in [-0.25, -0.2) is 0 Å². The summed E-state index contributed by atoms with van der Waals surface area (Å²) in [5.74, 6) is 0. The van der Waals surface area contributed by atoms with Crippen molar-refractivity contribution in [1.29, 1.82) is 0 Å². The molecule has 1 nitrogen and oxygen atoms in total. The zero-order valence-electron chi connectivity index (χ0n) is 7.61. The van der Waals surface area contributed by atoms with E-state index >= 15 is 0 Å². The molecule has 0 bridgehead atoms. The topological polar surface area (TPSA) is 9.23 Å². The van der Waals surface area contributed by atoms with Crippen molar-refractivity contribution in [2.24, 2.45) is 0 Å². The van der Waals surface area contributed by atoms with Crippen molar-refractivity contribution in [2.75, 3.05) is 7.11 Å². The van der Waals surface area contributed by atoms with Gasteiger partial charge in [0.15, 0.2) is 0 Å². The monoisotopic (exact) mass is 143 g/mol. The Balaban J connectivity index is 3.58. The summed E-state index contributed by atoms with van der Waals surface area (Å²) in [6.07, 6.45) is 5.57. The lowest BCUT2D eigenvalue weighted by Gasteiger charge is -2.26. The van der Waals surface area contributed by atoms with Crippen LogP contribution in [0.1, 0.15) is 40.0 Å². The molecular weight excluding hydrogens is 124 g/mol. The van der Waals surface area contributed by atoms with Crippen molar-refractivity contribution >= 4 is 0 Å². The maximum absolute atomic E-state index is 5.37. The van der Waals surface area contributed by atoms with Crippen LogP contribution in [0.5, 0.6) is 0 Å². The molecule has 1 unspecified atom stereocenters. The van der Waals surface area contributed by atoms with E-state index in [1.54, 1.807) is 7.11 Å². The lowest BCUT2D eigenvalue weighted by Crippen LogP contribution is -2.25. The molecule has 10 heavy (non-hydrogen) atoms. The van der Waals surface area contributed by atoms with Crippen LogP contribution in [-0.4, -0.2) is 12.7 Å². The van der Waals surface area contributed by atoms with Crippen LogP contribution < -0.4 is 0 Å². The highest BCUT2D eigenvalue weighted by Gasteiger charge is 2.19. The minimum Gasteiger partial charge on any atom is -0.379 e. The van der Waals surface area contributed by atoms with Gasteiger partial charge in [0.2, 0.25) is 0 Å². The summed E-state index contributed by atoms with van der Waals surface area (Å²) in [7, 11) is 1.79. The lowest BCUT2D eigenvalue weighted by atomic mass is 9.96. The van der Waals surface area contributed by atoms with Crippen molar-refractivity contribution in [3.8, 4) is 0 Å². The van der Waals surface area contributed by atoms with E-state index in [2.05, 4.69) is 27.2 Å². The van der Waals surface area contributed by atoms with Crippen molar-refractivity contribution in [1.82, 2.24) is 0 Å². The second-order valence-electron chi connectivity index (χ2n) is 2.95. The summed E-state index contributed by atoms with van der Waals surface area (Å²) >= 11 is 0. The van der Waals surface area contributed by atoms with E-state index in [9.17, 15) is 0 Å². The molecule has 0 rings (SSSR count). The van der Waals surface area contributed by atoms with E-state index in [-0.39, 0.29) is 5.60 Å². The Morgan fingerprint density at radius 3 is 2.40 bits per heavy atom. The molecule has 0 amide bonds. The van der Waals surface area contributed by atoms with Gasteiger partial charge in [-0.3, -0.25) is 0 Å². The Bertz CT molecular complexity index is 74.8. The first-order chi connectivity index (χ1) is 4.68. The smallest absolute Gasteiger partial charge is 0.0648 e. The summed E-state index contributed by atoms with van der Waals surface area (Å²) < 4.78 is 5.37. The van der Waals surface area contributed by atoms with E-state index < -0.39 is 0 Å². The fraction of sp³-hybridized carbons (Fsp3) is 0.889. The molecule has 1 heteroatoms. The van der Waals surface area contributed by atoms with Crippen LogP contribution in [0.3, 0.4) is 0 Å². The SMILES string of the molecule is C[CH]CCC(C)(CC)OC. The van der Waals surface area contributed by atoms with E-state index in [0.717, 1.165) is 19.3 Å². The fourth-order valence-electron chi connectivity index (χ4n) is 0.873. The van der Waals surface area contributed by atoms with Gasteiger partial charge < -0.3 is 4.74 Å². The van der Waals surface area contributed by atoms with Crippen LogP contribution >= 0.6 is 0 Å². The number of methoxy groups -OCH3 is 1. The molecule has 0 fully saturated rings. The highest BCUT2D eigenvalue weighted by atomic mass is 16.5. The molecule has 0 saturated carbocycles. The van der Waals surface area contributed by atoms with Gasteiger partial charge in [0.05, 0.1) is 5.60 Å². The van der Waals surface area contributed by atoms with Crippen LogP contribution in [0.25, 0.3) is 0 Å². The maximum Gasteiger partial charge on any atom is 0.0648 e. The largest absolute Gasteiger partial charge is 0.379 e. The third-order valence-electron chi connectivity index (χ3n) is 2.20. The summed E-state index contributed by atoms with van der Waals surface area (Å²) in [4.78, 5) is 0. The standard InChI is InChI=1S/C9H19O/c1-5-7-8-9(3,6-2)10-4/h5H,6-8H2,1-4H3. The molecule has 0 spiro atoms. The summed E-state index contributed by atoms with van der Waals surface area (Å²) in [5.41, 5.74) is 0.104. The predicted molar refractivity (Wildman–Crippen MR) is 44.9 cm³/mol. The second-order valence-corrected chi connectivity index (χ2v) is 2.95. The van der Waals surface area contributed by atoms with Gasteiger partial charge in [-0.05, 0) is 32.6 Å². The Labute approximate surface area is 64.8 Å². The highest BCUT2D eigenvalue weighted by molar-refractivity contribution is 4.74. The van der Waals surface area contributed by atoms with Gasteiger partial charge in [0.1, 0.15) is 0 Å². The van der Waals surface area contributed by atoms with Crippen molar-refractivity contribution in [2.45, 2.75) is 45.6 Å². The van der Waals surface area contributed by atoms with Crippen LogP contribution in [0.15, 0.2) is 0 Å². The first-order valence-electron chi connectivity index (χ1n) is 4.01. The maximum atomic E-state index is 5.37. The molecule has 0 aliphatic rings. The van der Waals surface area contributed by atoms with Crippen LogP contribution in [0, 0.1) is 6.42 Å². The van der Waals surface area contributed by atoms with Crippen molar-refractivity contribution < 1.29 is 4.74 Å². The Kier molecular flexibility index (Phi) is 4.71. The molecule has 0 aliphatic heterocycles. The first kappa shape index (κ1) is 9.96. The third-order valence-corrected chi connectivity index (χ3v) is 2.20. The summed E-state index contributed by atoms with van der Waals surface area (Å²) in [6.45, 7) is 6.42. The molecule has 1 radical (unpaired) electrons. The zero-order chi connectivity index (χ0) is 8.04. The number of rotatable bonds is 5. The average molecular weight is 143 g/mol. The zero-order valence-corrected chi connectivity index (χ0v) is 7.61. The fourth-order valence-corrected chi connectivity index (χ4v) is 0.873. The molecule has 0 aromatic rings. The number of ether oxygens (including phenoxy) is 1. The Morgan fingerprint density at radius 2 is 2.10 bits per heavy atom. The minimum atomic E-state index is 0.104. The van der Waals surface area contributed by atoms with Crippen LogP contribution in [0.4, 0.5) is 0 Å². The molecule has 0 aliphatic carbocycles. The van der Waals surface area contributed by atoms with Crippen LogP contribution in [-0.2, 0) is 4.74 Å². The number of hydrogen-bond acceptors (Lipinski definition) is 1. The van der Waals surface area contributed by atoms with E-state index in [1.807, 2.05) is 0 Å². The highest BCUT2D eigenvalue weighted by Crippen LogP contribution is 2.20. The Morgan fingerprint density at radius 1 is 1.50 bits per heavy atom. The molecule has 0 heterocycles. The number of unbranched alkanes of at least 4 members (excludes halogenated alkanes) is 1. The molecule has 0 N–H and O–H groups in total. The summed E-state index contributed by atoms with van der Waals surface area (Å²) in [6, 6.07) is 0. The van der Waals surface area contributed by atoms with Crippen molar-refractivity contribution in [3.63, 3.8) is 0 Å². The van der Waals surface area contributed by atoms with Gasteiger partial charge in [-0.1, -0.05) is 13.8 Å². The van der Waals surface area contributed by atoms with Gasteiger partial charge in [-0.15, -0.1) is 0 Å². The Hall–Kier alpha value is -0.0400. The van der Waals surface area contributed by atoms with Crippen molar-refractivity contribution in [3.05, 3.63) is 6.42 Å². The second kappa shape index (κ2) is 4.73.